The molecule has 0 heterocycles. The molecule has 3 rings (SSSR count). The molecule has 0 aromatic heterocycles. The quantitative estimate of drug-likeness (QED) is 0.872. The number of hydrogen-bond donors (Lipinski definition) is 1. The molecule has 2 aromatic rings. The van der Waals surface area contributed by atoms with Gasteiger partial charge >= 0.3 is 0 Å². The first-order valence-electron chi connectivity index (χ1n) is 7.37. The standard InChI is InChI=1S/C18H19F2NO/c1-12-9-15(19)7-8-16(12)22-17(21-2)18(20)10-13-5-3-4-6-14(13)11-18/h3-9,17,21H,10-11H2,1-2H3. The van der Waals surface area contributed by atoms with Gasteiger partial charge in [-0.05, 0) is 48.9 Å². The molecule has 0 amide bonds. The molecule has 2 aromatic carbocycles. The van der Waals surface area contributed by atoms with Crippen LogP contribution in [0.5, 0.6) is 5.75 Å². The molecule has 4 heteroatoms. The summed E-state index contributed by atoms with van der Waals surface area (Å²) >= 11 is 0. The van der Waals surface area contributed by atoms with Crippen LogP contribution in [0.3, 0.4) is 0 Å². The van der Waals surface area contributed by atoms with Crippen molar-refractivity contribution >= 4 is 0 Å². The van der Waals surface area contributed by atoms with Crippen LogP contribution in [-0.2, 0) is 12.8 Å². The van der Waals surface area contributed by atoms with Crippen molar-refractivity contribution in [2.24, 2.45) is 0 Å². The van der Waals surface area contributed by atoms with Gasteiger partial charge in [0, 0.05) is 12.8 Å². The summed E-state index contributed by atoms with van der Waals surface area (Å²) in [5.41, 5.74) is 1.17. The van der Waals surface area contributed by atoms with Gasteiger partial charge < -0.3 is 4.74 Å². The van der Waals surface area contributed by atoms with Crippen LogP contribution in [0.1, 0.15) is 16.7 Å². The molecular formula is C18H19F2NO. The SMILES string of the molecule is CNC(Oc1ccc(F)cc1C)C1(F)Cc2ccccc2C1. The number of nitrogens with one attached hydrogen (secondary N) is 1. The molecule has 1 unspecified atom stereocenters. The summed E-state index contributed by atoms with van der Waals surface area (Å²) in [5.74, 6) is 0.169. The molecule has 2 nitrogen and oxygen atoms in total. The summed E-state index contributed by atoms with van der Waals surface area (Å²) in [5, 5.41) is 2.92. The van der Waals surface area contributed by atoms with Crippen molar-refractivity contribution in [3.63, 3.8) is 0 Å². The molecule has 0 saturated carbocycles. The minimum atomic E-state index is -1.51. The lowest BCUT2D eigenvalue weighted by Crippen LogP contribution is -2.51. The third kappa shape index (κ3) is 2.71. The molecule has 0 fully saturated rings. The Morgan fingerprint density at radius 3 is 2.32 bits per heavy atom. The summed E-state index contributed by atoms with van der Waals surface area (Å²) in [6.07, 6.45) is -0.159. The van der Waals surface area contributed by atoms with Crippen LogP contribution in [0.15, 0.2) is 42.5 Å². The normalized spacial score (nSPS) is 17.1. The van der Waals surface area contributed by atoms with E-state index in [4.69, 9.17) is 4.74 Å². The van der Waals surface area contributed by atoms with E-state index in [1.807, 2.05) is 24.3 Å². The maximum Gasteiger partial charge on any atom is 0.184 e. The number of aryl methyl sites for hydroxylation is 1. The molecule has 22 heavy (non-hydrogen) atoms. The first kappa shape index (κ1) is 15.0. The molecular weight excluding hydrogens is 284 g/mol. The van der Waals surface area contributed by atoms with E-state index in [9.17, 15) is 4.39 Å². The highest BCUT2D eigenvalue weighted by Gasteiger charge is 2.45. The Bertz CT molecular complexity index is 662. The molecule has 0 saturated heterocycles. The Hall–Kier alpha value is -1.94. The van der Waals surface area contributed by atoms with Gasteiger partial charge in [0.25, 0.3) is 0 Å². The fourth-order valence-corrected chi connectivity index (χ4v) is 3.08. The largest absolute Gasteiger partial charge is 0.472 e. The summed E-state index contributed by atoms with van der Waals surface area (Å²) < 4.78 is 34.4. The van der Waals surface area contributed by atoms with E-state index in [0.29, 0.717) is 24.2 Å². The van der Waals surface area contributed by atoms with Gasteiger partial charge in [-0.3, -0.25) is 5.32 Å². The smallest absolute Gasteiger partial charge is 0.184 e. The molecule has 116 valence electrons. The van der Waals surface area contributed by atoms with E-state index in [1.54, 1.807) is 20.0 Å². The number of hydrogen-bond acceptors (Lipinski definition) is 2. The molecule has 0 aliphatic heterocycles. The molecule has 1 N–H and O–H groups in total. The zero-order valence-electron chi connectivity index (χ0n) is 12.7. The second-order valence-corrected chi connectivity index (χ2v) is 5.85. The Morgan fingerprint density at radius 2 is 1.77 bits per heavy atom. The zero-order chi connectivity index (χ0) is 15.7. The topological polar surface area (TPSA) is 21.3 Å². The predicted octanol–water partition coefficient (Wildman–Crippen LogP) is 3.57. The first-order valence-corrected chi connectivity index (χ1v) is 7.37. The van der Waals surface area contributed by atoms with Crippen molar-refractivity contribution in [1.29, 1.82) is 0 Å². The van der Waals surface area contributed by atoms with Crippen molar-refractivity contribution in [3.8, 4) is 5.75 Å². The zero-order valence-corrected chi connectivity index (χ0v) is 12.7. The van der Waals surface area contributed by atoms with E-state index in [1.165, 1.54) is 12.1 Å². The van der Waals surface area contributed by atoms with Gasteiger partial charge in [0.15, 0.2) is 11.9 Å². The number of alkyl halides is 1. The number of halogens is 2. The number of rotatable bonds is 4. The van der Waals surface area contributed by atoms with Crippen LogP contribution in [0, 0.1) is 12.7 Å². The maximum atomic E-state index is 15.4. The van der Waals surface area contributed by atoms with Gasteiger partial charge in [0.1, 0.15) is 11.6 Å². The Labute approximate surface area is 129 Å². The predicted molar refractivity (Wildman–Crippen MR) is 82.3 cm³/mol. The van der Waals surface area contributed by atoms with Crippen LogP contribution in [-0.4, -0.2) is 18.9 Å². The molecule has 1 aliphatic rings. The van der Waals surface area contributed by atoms with Crippen molar-refractivity contribution in [1.82, 2.24) is 5.32 Å². The molecule has 0 bridgehead atoms. The highest BCUT2D eigenvalue weighted by Crippen LogP contribution is 2.36. The van der Waals surface area contributed by atoms with Crippen LogP contribution < -0.4 is 10.1 Å². The van der Waals surface area contributed by atoms with Crippen molar-refractivity contribution in [3.05, 3.63) is 65.0 Å². The Balaban J connectivity index is 1.83. The second-order valence-electron chi connectivity index (χ2n) is 5.85. The van der Waals surface area contributed by atoms with Gasteiger partial charge in [-0.15, -0.1) is 0 Å². The molecule has 0 spiro atoms. The average molecular weight is 303 g/mol. The maximum absolute atomic E-state index is 15.4. The lowest BCUT2D eigenvalue weighted by molar-refractivity contribution is -0.00151. The van der Waals surface area contributed by atoms with Crippen LogP contribution in [0.25, 0.3) is 0 Å². The van der Waals surface area contributed by atoms with Gasteiger partial charge in [0.2, 0.25) is 0 Å². The highest BCUT2D eigenvalue weighted by molar-refractivity contribution is 5.37. The fraction of sp³-hybridized carbons (Fsp3) is 0.333. The van der Waals surface area contributed by atoms with Crippen LogP contribution >= 0.6 is 0 Å². The molecule has 1 atom stereocenters. The Morgan fingerprint density at radius 1 is 1.14 bits per heavy atom. The number of ether oxygens (including phenoxy) is 1. The Kier molecular flexibility index (Phi) is 3.87. The molecule has 0 radical (unpaired) electrons. The van der Waals surface area contributed by atoms with E-state index < -0.39 is 11.9 Å². The average Bonchev–Trinajstić information content (AvgIpc) is 2.83. The summed E-state index contributed by atoms with van der Waals surface area (Å²) in [7, 11) is 1.67. The van der Waals surface area contributed by atoms with E-state index >= 15 is 4.39 Å². The lowest BCUT2D eigenvalue weighted by Gasteiger charge is -2.30. The lowest BCUT2D eigenvalue weighted by atomic mass is 10.00. The minimum Gasteiger partial charge on any atom is -0.472 e. The van der Waals surface area contributed by atoms with Crippen LogP contribution in [0.2, 0.25) is 0 Å². The van der Waals surface area contributed by atoms with Gasteiger partial charge in [0.05, 0.1) is 0 Å². The summed E-state index contributed by atoms with van der Waals surface area (Å²) in [6.45, 7) is 1.75. The third-order valence-corrected chi connectivity index (χ3v) is 4.20. The van der Waals surface area contributed by atoms with Crippen molar-refractivity contribution < 1.29 is 13.5 Å². The first-order chi connectivity index (χ1) is 10.5. The van der Waals surface area contributed by atoms with Crippen molar-refractivity contribution in [2.45, 2.75) is 31.7 Å². The molecule has 1 aliphatic carbocycles. The fourth-order valence-electron chi connectivity index (χ4n) is 3.08. The number of fused-ring (bicyclic) bond motifs is 1. The number of benzene rings is 2. The highest BCUT2D eigenvalue weighted by atomic mass is 19.1. The van der Waals surface area contributed by atoms with Gasteiger partial charge in [-0.1, -0.05) is 24.3 Å². The van der Waals surface area contributed by atoms with Gasteiger partial charge in [-0.2, -0.15) is 0 Å². The van der Waals surface area contributed by atoms with E-state index in [-0.39, 0.29) is 5.82 Å². The van der Waals surface area contributed by atoms with E-state index in [2.05, 4.69) is 5.32 Å². The minimum absolute atomic E-state index is 0.314. The summed E-state index contributed by atoms with van der Waals surface area (Å²) in [4.78, 5) is 0. The van der Waals surface area contributed by atoms with Gasteiger partial charge in [-0.25, -0.2) is 8.78 Å². The van der Waals surface area contributed by atoms with E-state index in [0.717, 1.165) is 11.1 Å². The van der Waals surface area contributed by atoms with Crippen LogP contribution in [0.4, 0.5) is 8.78 Å². The summed E-state index contributed by atoms with van der Waals surface area (Å²) in [6, 6.07) is 12.0. The second kappa shape index (κ2) is 5.69. The van der Waals surface area contributed by atoms with Crippen molar-refractivity contribution in [2.75, 3.05) is 7.05 Å². The monoisotopic (exact) mass is 303 g/mol. The third-order valence-electron chi connectivity index (χ3n) is 4.20.